The van der Waals surface area contributed by atoms with E-state index < -0.39 is 0 Å². The molecule has 0 radical (unpaired) electrons. The van der Waals surface area contributed by atoms with Gasteiger partial charge in [-0.15, -0.1) is 24.8 Å². The Morgan fingerprint density at radius 3 is 2.33 bits per heavy atom. The Hall–Kier alpha value is -0.120. The Morgan fingerprint density at radius 2 is 1.92 bits per heavy atom. The number of benzene rings is 1. The van der Waals surface area contributed by atoms with Gasteiger partial charge in [-0.05, 0) is 18.2 Å². The number of hydrogen-bond donors (Lipinski definition) is 2. The fourth-order valence-electron chi connectivity index (χ4n) is 0.745. The molecule has 2 nitrogen and oxygen atoms in total. The molecular weight excluding hydrogens is 263 g/mol. The average Bonchev–Trinajstić information content (AvgIpc) is 1.94. The molecule has 1 aromatic carbocycles. The van der Waals surface area contributed by atoms with Gasteiger partial charge in [-0.2, -0.15) is 0 Å². The molecule has 5 heteroatoms. The van der Waals surface area contributed by atoms with Crippen molar-refractivity contribution in [2.45, 2.75) is 0 Å². The van der Waals surface area contributed by atoms with E-state index in [2.05, 4.69) is 21.2 Å². The summed E-state index contributed by atoms with van der Waals surface area (Å²) in [5.41, 5.74) is 7.34. The zero-order chi connectivity index (χ0) is 7.56. The predicted molar refractivity (Wildman–Crippen MR) is 62.6 cm³/mol. The van der Waals surface area contributed by atoms with Crippen LogP contribution in [0, 0.1) is 0 Å². The van der Waals surface area contributed by atoms with Crippen LogP contribution in [-0.2, 0) is 0 Å². The number of halogens is 3. The number of nitrogens with two attached hydrogens (primary N) is 1. The zero-order valence-electron chi connectivity index (χ0n) is 6.50. The van der Waals surface area contributed by atoms with E-state index in [1.165, 1.54) is 0 Å². The molecule has 0 unspecified atom stereocenters. The van der Waals surface area contributed by atoms with Gasteiger partial charge in [-0.3, -0.25) is 0 Å². The third kappa shape index (κ3) is 3.52. The summed E-state index contributed by atoms with van der Waals surface area (Å²) in [4.78, 5) is 0. The number of nitrogens with one attached hydrogen (secondary N) is 1. The van der Waals surface area contributed by atoms with Gasteiger partial charge in [0.1, 0.15) is 0 Å². The zero-order valence-corrected chi connectivity index (χ0v) is 9.72. The predicted octanol–water partition coefficient (Wildman–Crippen LogP) is 2.92. The second-order valence-corrected chi connectivity index (χ2v) is 2.90. The molecule has 0 aliphatic rings. The Balaban J connectivity index is 0. The van der Waals surface area contributed by atoms with Crippen LogP contribution in [-0.4, -0.2) is 7.05 Å². The van der Waals surface area contributed by atoms with Crippen LogP contribution in [0.3, 0.4) is 0 Å². The van der Waals surface area contributed by atoms with E-state index >= 15 is 0 Å². The van der Waals surface area contributed by atoms with Crippen molar-refractivity contribution in [3.05, 3.63) is 22.7 Å². The number of hydrogen-bond acceptors (Lipinski definition) is 2. The number of nitrogen functional groups attached to an aromatic ring is 1. The van der Waals surface area contributed by atoms with Crippen LogP contribution in [0.1, 0.15) is 0 Å². The van der Waals surface area contributed by atoms with Crippen LogP contribution >= 0.6 is 40.7 Å². The fraction of sp³-hybridized carbons (Fsp3) is 0.143. The number of anilines is 2. The van der Waals surface area contributed by atoms with Gasteiger partial charge in [0.05, 0.1) is 11.4 Å². The summed E-state index contributed by atoms with van der Waals surface area (Å²) in [5.74, 6) is 0. The average molecular weight is 274 g/mol. The first-order valence-corrected chi connectivity index (χ1v) is 3.76. The Labute approximate surface area is 92.9 Å². The van der Waals surface area contributed by atoms with E-state index in [1.54, 1.807) is 0 Å². The lowest BCUT2D eigenvalue weighted by Crippen LogP contribution is -1.94. The molecule has 0 spiro atoms. The maximum absolute atomic E-state index is 5.62. The SMILES string of the molecule is CNc1cc(Br)ccc1N.Cl.Cl. The normalized spacial score (nSPS) is 7.83. The molecule has 0 atom stereocenters. The van der Waals surface area contributed by atoms with Crippen LogP contribution in [0.4, 0.5) is 11.4 Å². The van der Waals surface area contributed by atoms with E-state index in [0.717, 1.165) is 15.8 Å². The standard InChI is InChI=1S/C7H9BrN2.2ClH/c1-10-7-4-5(8)2-3-6(7)9;;/h2-4,10H,9H2,1H3;2*1H. The minimum Gasteiger partial charge on any atom is -0.397 e. The highest BCUT2D eigenvalue weighted by Gasteiger charge is 1.94. The quantitative estimate of drug-likeness (QED) is 0.773. The van der Waals surface area contributed by atoms with Gasteiger partial charge in [0, 0.05) is 11.5 Å². The van der Waals surface area contributed by atoms with Crippen molar-refractivity contribution in [2.24, 2.45) is 0 Å². The lowest BCUT2D eigenvalue weighted by molar-refractivity contribution is 1.50. The smallest absolute Gasteiger partial charge is 0.0582 e. The third-order valence-corrected chi connectivity index (χ3v) is 1.78. The summed E-state index contributed by atoms with van der Waals surface area (Å²) in [6.07, 6.45) is 0. The van der Waals surface area contributed by atoms with Gasteiger partial charge in [-0.1, -0.05) is 15.9 Å². The molecule has 0 bridgehead atoms. The molecule has 0 aliphatic heterocycles. The molecule has 0 aliphatic carbocycles. The summed E-state index contributed by atoms with van der Waals surface area (Å²) >= 11 is 3.34. The van der Waals surface area contributed by atoms with Crippen LogP contribution in [0.25, 0.3) is 0 Å². The molecule has 3 N–H and O–H groups in total. The lowest BCUT2D eigenvalue weighted by Gasteiger charge is -2.03. The molecule has 1 rings (SSSR count). The van der Waals surface area contributed by atoms with Crippen molar-refractivity contribution in [2.75, 3.05) is 18.1 Å². The first-order valence-electron chi connectivity index (χ1n) is 2.97. The van der Waals surface area contributed by atoms with E-state index in [9.17, 15) is 0 Å². The van der Waals surface area contributed by atoms with Gasteiger partial charge in [0.2, 0.25) is 0 Å². The second-order valence-electron chi connectivity index (χ2n) is 1.98. The van der Waals surface area contributed by atoms with Crippen molar-refractivity contribution in [1.82, 2.24) is 0 Å². The van der Waals surface area contributed by atoms with Crippen molar-refractivity contribution < 1.29 is 0 Å². The van der Waals surface area contributed by atoms with Crippen LogP contribution < -0.4 is 11.1 Å². The van der Waals surface area contributed by atoms with Crippen molar-refractivity contribution >= 4 is 52.1 Å². The summed E-state index contributed by atoms with van der Waals surface area (Å²) in [7, 11) is 1.85. The lowest BCUT2D eigenvalue weighted by atomic mass is 10.3. The minimum absolute atomic E-state index is 0. The molecule has 1 aromatic rings. The van der Waals surface area contributed by atoms with E-state index in [4.69, 9.17) is 5.73 Å². The second kappa shape index (κ2) is 6.40. The highest BCUT2D eigenvalue weighted by atomic mass is 79.9. The van der Waals surface area contributed by atoms with Crippen LogP contribution in [0.2, 0.25) is 0 Å². The minimum atomic E-state index is 0. The fourth-order valence-corrected chi connectivity index (χ4v) is 1.11. The summed E-state index contributed by atoms with van der Waals surface area (Å²) in [6.45, 7) is 0. The maximum atomic E-state index is 5.62. The van der Waals surface area contributed by atoms with Gasteiger partial charge in [0.15, 0.2) is 0 Å². The highest BCUT2D eigenvalue weighted by molar-refractivity contribution is 9.10. The van der Waals surface area contributed by atoms with Gasteiger partial charge in [0.25, 0.3) is 0 Å². The van der Waals surface area contributed by atoms with E-state index in [0.29, 0.717) is 0 Å². The molecule has 0 aromatic heterocycles. The van der Waals surface area contributed by atoms with Crippen molar-refractivity contribution in [3.8, 4) is 0 Å². The third-order valence-electron chi connectivity index (χ3n) is 1.28. The molecule has 0 fully saturated rings. The topological polar surface area (TPSA) is 38.0 Å². The molecular formula is C7H11BrCl2N2. The van der Waals surface area contributed by atoms with Gasteiger partial charge < -0.3 is 11.1 Å². The Bertz CT molecular complexity index is 243. The number of rotatable bonds is 1. The van der Waals surface area contributed by atoms with Crippen LogP contribution in [0.15, 0.2) is 22.7 Å². The van der Waals surface area contributed by atoms with Gasteiger partial charge in [-0.25, -0.2) is 0 Å². The Kier molecular flexibility index (Phi) is 7.69. The first-order chi connectivity index (χ1) is 4.74. The molecule has 0 saturated carbocycles. The summed E-state index contributed by atoms with van der Waals surface area (Å²) in [5, 5.41) is 2.98. The molecule has 0 saturated heterocycles. The van der Waals surface area contributed by atoms with Crippen LogP contribution in [0.5, 0.6) is 0 Å². The molecule has 70 valence electrons. The largest absolute Gasteiger partial charge is 0.397 e. The molecule has 0 heterocycles. The van der Waals surface area contributed by atoms with E-state index in [1.807, 2.05) is 25.2 Å². The molecule has 12 heavy (non-hydrogen) atoms. The highest BCUT2D eigenvalue weighted by Crippen LogP contribution is 2.22. The van der Waals surface area contributed by atoms with Gasteiger partial charge >= 0.3 is 0 Å². The van der Waals surface area contributed by atoms with Crippen molar-refractivity contribution in [1.29, 1.82) is 0 Å². The monoisotopic (exact) mass is 272 g/mol. The van der Waals surface area contributed by atoms with E-state index in [-0.39, 0.29) is 24.8 Å². The Morgan fingerprint density at radius 1 is 1.33 bits per heavy atom. The van der Waals surface area contributed by atoms with Crippen molar-refractivity contribution in [3.63, 3.8) is 0 Å². The summed E-state index contributed by atoms with van der Waals surface area (Å²) < 4.78 is 1.03. The first kappa shape index (κ1) is 14.4. The summed E-state index contributed by atoms with van der Waals surface area (Å²) in [6, 6.07) is 5.71. The maximum Gasteiger partial charge on any atom is 0.0582 e. The molecule has 0 amide bonds.